The monoisotopic (exact) mass is 407 g/mol. The molecule has 0 saturated carbocycles. The van der Waals surface area contributed by atoms with Gasteiger partial charge in [0.25, 0.3) is 0 Å². The predicted molar refractivity (Wildman–Crippen MR) is 102 cm³/mol. The third-order valence-electron chi connectivity index (χ3n) is 4.51. The number of carbonyl (C=O) groups is 1. The van der Waals surface area contributed by atoms with Crippen LogP contribution >= 0.6 is 0 Å². The first-order valence-corrected chi connectivity index (χ1v) is 8.83. The van der Waals surface area contributed by atoms with E-state index in [1.54, 1.807) is 4.90 Å². The van der Waals surface area contributed by atoms with Gasteiger partial charge in [0, 0.05) is 50.3 Å². The van der Waals surface area contributed by atoms with E-state index >= 15 is 0 Å². The molecule has 7 nitrogen and oxygen atoms in total. The van der Waals surface area contributed by atoms with E-state index in [-0.39, 0.29) is 11.7 Å². The highest BCUT2D eigenvalue weighted by Gasteiger charge is 2.34. The van der Waals surface area contributed by atoms with Crippen molar-refractivity contribution in [3.63, 3.8) is 0 Å². The van der Waals surface area contributed by atoms with Crippen molar-refractivity contribution in [2.24, 2.45) is 0 Å². The summed E-state index contributed by atoms with van der Waals surface area (Å²) < 4.78 is 44.0. The van der Waals surface area contributed by atoms with Crippen molar-refractivity contribution < 1.29 is 22.7 Å². The van der Waals surface area contributed by atoms with Crippen molar-refractivity contribution in [2.45, 2.75) is 6.18 Å². The van der Waals surface area contributed by atoms with Crippen molar-refractivity contribution in [1.29, 1.82) is 0 Å². The number of hydrogen-bond acceptors (Lipinski definition) is 6. The minimum absolute atomic E-state index is 0.126. The number of aromatic nitrogens is 2. The number of anilines is 3. The second-order valence-electron chi connectivity index (χ2n) is 6.28. The molecular weight excluding hydrogens is 387 g/mol. The molecule has 2 heterocycles. The molecule has 0 spiro atoms. The van der Waals surface area contributed by atoms with E-state index in [2.05, 4.69) is 21.9 Å². The highest BCUT2D eigenvalue weighted by Crippen LogP contribution is 2.38. The van der Waals surface area contributed by atoms with Gasteiger partial charge in [0.1, 0.15) is 5.75 Å². The van der Waals surface area contributed by atoms with Gasteiger partial charge in [-0.15, -0.1) is 0 Å². The summed E-state index contributed by atoms with van der Waals surface area (Å²) in [6, 6.07) is 3.53. The highest BCUT2D eigenvalue weighted by atomic mass is 19.4. The highest BCUT2D eigenvalue weighted by molar-refractivity contribution is 5.87. The molecule has 1 aliphatic rings. The fourth-order valence-electron chi connectivity index (χ4n) is 3.06. The zero-order valence-corrected chi connectivity index (χ0v) is 15.7. The summed E-state index contributed by atoms with van der Waals surface area (Å²) >= 11 is 0. The summed E-state index contributed by atoms with van der Waals surface area (Å²) in [6.07, 6.45) is -0.202. The Morgan fingerprint density at radius 2 is 1.90 bits per heavy atom. The third-order valence-corrected chi connectivity index (χ3v) is 4.51. The molecule has 3 rings (SSSR count). The Morgan fingerprint density at radius 3 is 2.52 bits per heavy atom. The van der Waals surface area contributed by atoms with Gasteiger partial charge in [0.15, 0.2) is 11.6 Å². The number of nitrogens with zero attached hydrogens (tertiary/aromatic N) is 4. The molecule has 29 heavy (non-hydrogen) atoms. The lowest BCUT2D eigenvalue weighted by molar-refractivity contribution is -0.138. The molecule has 1 saturated heterocycles. The van der Waals surface area contributed by atoms with Gasteiger partial charge < -0.3 is 19.9 Å². The SMILES string of the molecule is C=CC(=O)N1CCN(c2nccnc2Nc2ccc(C(F)(F)F)c(OC)c2)CC1. The lowest BCUT2D eigenvalue weighted by atomic mass is 10.1. The quantitative estimate of drug-likeness (QED) is 0.769. The van der Waals surface area contributed by atoms with Gasteiger partial charge >= 0.3 is 6.18 Å². The van der Waals surface area contributed by atoms with Crippen molar-refractivity contribution in [3.8, 4) is 5.75 Å². The summed E-state index contributed by atoms with van der Waals surface area (Å²) in [6.45, 7) is 5.60. The van der Waals surface area contributed by atoms with Crippen molar-refractivity contribution in [3.05, 3.63) is 48.8 Å². The van der Waals surface area contributed by atoms with Gasteiger partial charge in [0.05, 0.1) is 12.7 Å². The summed E-state index contributed by atoms with van der Waals surface area (Å²) in [5.74, 6) is 0.540. The zero-order valence-electron chi connectivity index (χ0n) is 15.7. The van der Waals surface area contributed by atoms with Gasteiger partial charge in [0.2, 0.25) is 5.91 Å². The summed E-state index contributed by atoms with van der Waals surface area (Å²) in [4.78, 5) is 24.0. The topological polar surface area (TPSA) is 70.6 Å². The van der Waals surface area contributed by atoms with Crippen LogP contribution in [0.3, 0.4) is 0 Å². The summed E-state index contributed by atoms with van der Waals surface area (Å²) in [7, 11) is 1.19. The van der Waals surface area contributed by atoms with Crippen LogP contribution in [0.2, 0.25) is 0 Å². The number of rotatable bonds is 5. The van der Waals surface area contributed by atoms with Crippen molar-refractivity contribution >= 4 is 23.2 Å². The number of amides is 1. The Morgan fingerprint density at radius 1 is 1.21 bits per heavy atom. The van der Waals surface area contributed by atoms with Gasteiger partial charge in [-0.2, -0.15) is 13.2 Å². The zero-order chi connectivity index (χ0) is 21.0. The van der Waals surface area contributed by atoms with Crippen LogP contribution in [0.1, 0.15) is 5.56 Å². The molecule has 1 aromatic heterocycles. The van der Waals surface area contributed by atoms with E-state index in [1.807, 2.05) is 4.90 Å². The molecule has 1 aromatic carbocycles. The molecule has 0 bridgehead atoms. The molecule has 2 aromatic rings. The number of alkyl halides is 3. The summed E-state index contributed by atoms with van der Waals surface area (Å²) in [5.41, 5.74) is -0.468. The van der Waals surface area contributed by atoms with Gasteiger partial charge in [-0.3, -0.25) is 4.79 Å². The number of piperazine rings is 1. The number of benzene rings is 1. The third kappa shape index (κ3) is 4.58. The maximum absolute atomic E-state index is 13.1. The van der Waals surface area contributed by atoms with Crippen LogP contribution in [0, 0.1) is 0 Å². The molecule has 10 heteroatoms. The van der Waals surface area contributed by atoms with Crippen molar-refractivity contribution in [1.82, 2.24) is 14.9 Å². The molecule has 0 aliphatic carbocycles. The maximum Gasteiger partial charge on any atom is 0.419 e. The Kier molecular flexibility index (Phi) is 5.90. The van der Waals surface area contributed by atoms with E-state index in [0.29, 0.717) is 43.5 Å². The Balaban J connectivity index is 1.80. The lowest BCUT2D eigenvalue weighted by Gasteiger charge is -2.35. The van der Waals surface area contributed by atoms with Crippen LogP contribution in [0.5, 0.6) is 5.75 Å². The molecule has 1 fully saturated rings. The number of nitrogens with one attached hydrogen (secondary N) is 1. The fraction of sp³-hybridized carbons (Fsp3) is 0.316. The minimum atomic E-state index is -4.51. The fourth-order valence-corrected chi connectivity index (χ4v) is 3.06. The maximum atomic E-state index is 13.1. The van der Waals surface area contributed by atoms with Gasteiger partial charge in [-0.05, 0) is 18.2 Å². The van der Waals surface area contributed by atoms with E-state index in [9.17, 15) is 18.0 Å². The average Bonchev–Trinajstić information content (AvgIpc) is 2.73. The molecule has 0 atom stereocenters. The van der Waals surface area contributed by atoms with E-state index < -0.39 is 11.7 Å². The first-order chi connectivity index (χ1) is 13.8. The smallest absolute Gasteiger partial charge is 0.419 e. The Bertz CT molecular complexity index is 896. The number of ether oxygens (including phenoxy) is 1. The van der Waals surface area contributed by atoms with Crippen molar-refractivity contribution in [2.75, 3.05) is 43.5 Å². The van der Waals surface area contributed by atoms with Crippen LogP contribution in [0.15, 0.2) is 43.2 Å². The minimum Gasteiger partial charge on any atom is -0.496 e. The average molecular weight is 407 g/mol. The standard InChI is InChI=1S/C19H20F3N5O2/c1-3-16(28)26-8-10-27(11-9-26)18-17(23-6-7-24-18)25-13-4-5-14(19(20,21)22)15(12-13)29-2/h3-7,12H,1,8-11H2,2H3,(H,23,25). The molecule has 154 valence electrons. The Labute approximate surface area is 165 Å². The van der Waals surface area contributed by atoms with Crippen LogP contribution in [0.4, 0.5) is 30.5 Å². The first kappa shape index (κ1) is 20.4. The molecule has 0 radical (unpaired) electrons. The van der Waals surface area contributed by atoms with Gasteiger partial charge in [-0.1, -0.05) is 6.58 Å². The molecular formula is C19H20F3N5O2. The number of hydrogen-bond donors (Lipinski definition) is 1. The van der Waals surface area contributed by atoms with Crippen LogP contribution < -0.4 is 15.0 Å². The Hall–Kier alpha value is -3.30. The second kappa shape index (κ2) is 8.38. The van der Waals surface area contributed by atoms with Crippen LogP contribution in [0.25, 0.3) is 0 Å². The molecule has 1 aliphatic heterocycles. The van der Waals surface area contributed by atoms with E-state index in [1.165, 1.54) is 37.7 Å². The van der Waals surface area contributed by atoms with E-state index in [4.69, 9.17) is 4.74 Å². The van der Waals surface area contributed by atoms with Crippen LogP contribution in [-0.4, -0.2) is 54.1 Å². The number of halogens is 3. The molecule has 1 amide bonds. The van der Waals surface area contributed by atoms with Gasteiger partial charge in [-0.25, -0.2) is 9.97 Å². The molecule has 0 unspecified atom stereocenters. The lowest BCUT2D eigenvalue weighted by Crippen LogP contribution is -2.48. The molecule has 1 N–H and O–H groups in total. The predicted octanol–water partition coefficient (Wildman–Crippen LogP) is 3.08. The summed E-state index contributed by atoms with van der Waals surface area (Å²) in [5, 5.41) is 3.01. The van der Waals surface area contributed by atoms with E-state index in [0.717, 1.165) is 6.07 Å². The van der Waals surface area contributed by atoms with Crippen LogP contribution in [-0.2, 0) is 11.0 Å². The first-order valence-electron chi connectivity index (χ1n) is 8.83. The number of carbonyl (C=O) groups excluding carboxylic acids is 1. The largest absolute Gasteiger partial charge is 0.496 e. The second-order valence-corrected chi connectivity index (χ2v) is 6.28. The normalized spacial score (nSPS) is 14.5. The number of methoxy groups -OCH3 is 1.